The van der Waals surface area contributed by atoms with Gasteiger partial charge in [0.15, 0.2) is 5.82 Å². The van der Waals surface area contributed by atoms with Gasteiger partial charge < -0.3 is 4.42 Å². The van der Waals surface area contributed by atoms with E-state index >= 15 is 0 Å². The molecule has 6 nitrogen and oxygen atoms in total. The van der Waals surface area contributed by atoms with Crippen molar-refractivity contribution in [3.8, 4) is 17.4 Å². The summed E-state index contributed by atoms with van der Waals surface area (Å²) in [6.07, 6.45) is -3.19. The molecular formula is C17H6BrCl2F3N4O2. The molecule has 0 aliphatic rings. The van der Waals surface area contributed by atoms with Gasteiger partial charge in [-0.25, -0.2) is 19.4 Å². The van der Waals surface area contributed by atoms with Crippen molar-refractivity contribution in [2.45, 2.75) is 6.18 Å². The molecule has 0 amide bonds. The van der Waals surface area contributed by atoms with Crippen LogP contribution in [0.4, 0.5) is 13.2 Å². The van der Waals surface area contributed by atoms with E-state index in [2.05, 4.69) is 31.0 Å². The molecule has 29 heavy (non-hydrogen) atoms. The number of alkyl halides is 3. The molecule has 12 heteroatoms. The van der Waals surface area contributed by atoms with Crippen LogP contribution in [0.25, 0.3) is 28.3 Å². The molecule has 3 aromatic heterocycles. The number of nitrogens with zero attached hydrogens (tertiary/aromatic N) is 4. The fourth-order valence-electron chi connectivity index (χ4n) is 2.61. The molecule has 148 valence electrons. The van der Waals surface area contributed by atoms with E-state index in [4.69, 9.17) is 27.6 Å². The fraction of sp³-hybridized carbons (Fsp3) is 0.0588. The number of halogens is 6. The van der Waals surface area contributed by atoms with E-state index < -0.39 is 22.8 Å². The van der Waals surface area contributed by atoms with Crippen molar-refractivity contribution in [3.63, 3.8) is 0 Å². The highest BCUT2D eigenvalue weighted by molar-refractivity contribution is 9.10. The van der Waals surface area contributed by atoms with Crippen LogP contribution in [-0.2, 0) is 6.18 Å². The summed E-state index contributed by atoms with van der Waals surface area (Å²) in [5.74, 6) is 0.0157. The van der Waals surface area contributed by atoms with Gasteiger partial charge in [0.1, 0.15) is 15.8 Å². The average Bonchev–Trinajstić information content (AvgIpc) is 3.03. The van der Waals surface area contributed by atoms with Crippen LogP contribution in [0.1, 0.15) is 5.56 Å². The number of fused-ring (bicyclic) bond motifs is 1. The second kappa shape index (κ2) is 7.12. The predicted molar refractivity (Wildman–Crippen MR) is 103 cm³/mol. The van der Waals surface area contributed by atoms with Gasteiger partial charge in [-0.3, -0.25) is 0 Å². The molecule has 4 rings (SSSR count). The van der Waals surface area contributed by atoms with Crippen LogP contribution in [-0.4, -0.2) is 19.7 Å². The molecule has 0 fully saturated rings. The third-order valence-corrected chi connectivity index (χ3v) is 4.82. The minimum absolute atomic E-state index is 0.137. The van der Waals surface area contributed by atoms with Gasteiger partial charge in [-0.15, -0.1) is 0 Å². The molecule has 0 N–H and O–H groups in total. The number of hydrogen-bond acceptors (Lipinski definition) is 5. The van der Waals surface area contributed by atoms with E-state index in [1.807, 2.05) is 0 Å². The highest BCUT2D eigenvalue weighted by Gasteiger charge is 2.32. The maximum absolute atomic E-state index is 13.0. The summed E-state index contributed by atoms with van der Waals surface area (Å²) in [5.41, 5.74) is -2.06. The SMILES string of the molecule is O=c1oc(-c2cc(Br)nn2-c2ncccc2Cl)nc2c(Cl)cc(C(F)(F)F)cc12. The molecule has 0 saturated carbocycles. The van der Waals surface area contributed by atoms with E-state index in [0.29, 0.717) is 16.7 Å². The Morgan fingerprint density at radius 1 is 1.14 bits per heavy atom. The maximum Gasteiger partial charge on any atom is 0.416 e. The molecule has 0 unspecified atom stereocenters. The number of rotatable bonds is 2. The van der Waals surface area contributed by atoms with Gasteiger partial charge in [0.05, 0.1) is 21.0 Å². The lowest BCUT2D eigenvalue weighted by atomic mass is 10.1. The Bertz CT molecular complexity index is 1320. The molecule has 0 saturated heterocycles. The van der Waals surface area contributed by atoms with Gasteiger partial charge in [0.2, 0.25) is 5.89 Å². The van der Waals surface area contributed by atoms with Gasteiger partial charge in [0, 0.05) is 12.3 Å². The Labute approximate surface area is 178 Å². The second-order valence-corrected chi connectivity index (χ2v) is 7.36. The van der Waals surface area contributed by atoms with Crippen LogP contribution in [0.3, 0.4) is 0 Å². The molecule has 1 aromatic carbocycles. The van der Waals surface area contributed by atoms with Crippen LogP contribution in [0.15, 0.2) is 50.3 Å². The minimum atomic E-state index is -4.68. The smallest absolute Gasteiger partial charge is 0.401 e. The zero-order valence-corrected chi connectivity index (χ0v) is 16.9. The van der Waals surface area contributed by atoms with Crippen LogP contribution in [0, 0.1) is 0 Å². The first kappa shape index (κ1) is 19.9. The first-order chi connectivity index (χ1) is 13.6. The molecule has 0 bridgehead atoms. The van der Waals surface area contributed by atoms with Crippen molar-refractivity contribution in [2.24, 2.45) is 0 Å². The topological polar surface area (TPSA) is 73.8 Å². The quantitative estimate of drug-likeness (QED) is 0.358. The number of aromatic nitrogens is 4. The molecule has 4 aromatic rings. The summed E-state index contributed by atoms with van der Waals surface area (Å²) >= 11 is 15.4. The van der Waals surface area contributed by atoms with Crippen LogP contribution >= 0.6 is 39.1 Å². The molecule has 0 radical (unpaired) electrons. The lowest BCUT2D eigenvalue weighted by molar-refractivity contribution is -0.137. The summed E-state index contributed by atoms with van der Waals surface area (Å²) in [6, 6.07) is 6.04. The largest absolute Gasteiger partial charge is 0.416 e. The summed E-state index contributed by atoms with van der Waals surface area (Å²) in [4.78, 5) is 20.7. The van der Waals surface area contributed by atoms with Crippen LogP contribution < -0.4 is 5.63 Å². The van der Waals surface area contributed by atoms with Gasteiger partial charge in [-0.1, -0.05) is 23.2 Å². The van der Waals surface area contributed by atoms with Crippen molar-refractivity contribution in [3.05, 3.63) is 67.2 Å². The summed E-state index contributed by atoms with van der Waals surface area (Å²) in [7, 11) is 0. The fourth-order valence-corrected chi connectivity index (χ4v) is 3.45. The summed E-state index contributed by atoms with van der Waals surface area (Å²) < 4.78 is 45.8. The molecular weight excluding hydrogens is 500 g/mol. The second-order valence-electron chi connectivity index (χ2n) is 5.73. The van der Waals surface area contributed by atoms with Crippen molar-refractivity contribution in [1.29, 1.82) is 0 Å². The van der Waals surface area contributed by atoms with E-state index in [1.54, 1.807) is 12.1 Å². The van der Waals surface area contributed by atoms with Gasteiger partial charge in [0.25, 0.3) is 0 Å². The molecule has 0 atom stereocenters. The monoisotopic (exact) mass is 504 g/mol. The van der Waals surface area contributed by atoms with E-state index in [9.17, 15) is 18.0 Å². The van der Waals surface area contributed by atoms with Gasteiger partial charge >= 0.3 is 11.8 Å². The Morgan fingerprint density at radius 3 is 2.59 bits per heavy atom. The highest BCUT2D eigenvalue weighted by Crippen LogP contribution is 2.35. The van der Waals surface area contributed by atoms with Crippen molar-refractivity contribution >= 4 is 50.0 Å². The van der Waals surface area contributed by atoms with E-state index in [-0.39, 0.29) is 33.0 Å². The Kier molecular flexibility index (Phi) is 4.88. The van der Waals surface area contributed by atoms with Crippen LogP contribution in [0.5, 0.6) is 0 Å². The molecule has 3 heterocycles. The predicted octanol–water partition coefficient (Wildman–Crippen LogP) is 5.52. The lowest BCUT2D eigenvalue weighted by Crippen LogP contribution is -2.10. The summed E-state index contributed by atoms with van der Waals surface area (Å²) in [5, 5.41) is 3.73. The van der Waals surface area contributed by atoms with E-state index in [0.717, 1.165) is 0 Å². The minimum Gasteiger partial charge on any atom is -0.401 e. The van der Waals surface area contributed by atoms with Gasteiger partial charge in [-0.2, -0.15) is 18.3 Å². The third kappa shape index (κ3) is 3.63. The van der Waals surface area contributed by atoms with Crippen LogP contribution in [0.2, 0.25) is 10.0 Å². The Balaban J connectivity index is 1.97. The molecule has 0 aliphatic heterocycles. The average molecular weight is 506 g/mol. The standard InChI is InChI=1S/C17H6BrCl2F3N4O2/c18-12-6-11(27(26-12)14-9(19)2-1-3-24-14)15-25-13-8(16(28)29-15)4-7(5-10(13)20)17(21,22)23/h1-6H. The number of hydrogen-bond donors (Lipinski definition) is 0. The Hall–Kier alpha value is -2.43. The maximum atomic E-state index is 13.0. The van der Waals surface area contributed by atoms with E-state index in [1.165, 1.54) is 16.9 Å². The normalized spacial score (nSPS) is 11.9. The third-order valence-electron chi connectivity index (χ3n) is 3.85. The molecule has 0 aliphatic carbocycles. The zero-order valence-electron chi connectivity index (χ0n) is 13.8. The zero-order chi connectivity index (χ0) is 20.9. The number of benzene rings is 1. The Morgan fingerprint density at radius 2 is 1.90 bits per heavy atom. The first-order valence-electron chi connectivity index (χ1n) is 7.73. The highest BCUT2D eigenvalue weighted by atomic mass is 79.9. The lowest BCUT2D eigenvalue weighted by Gasteiger charge is -2.10. The summed E-state index contributed by atoms with van der Waals surface area (Å²) in [6.45, 7) is 0. The van der Waals surface area contributed by atoms with Crippen molar-refractivity contribution < 1.29 is 17.6 Å². The van der Waals surface area contributed by atoms with Crippen molar-refractivity contribution in [1.82, 2.24) is 19.7 Å². The van der Waals surface area contributed by atoms with Crippen molar-refractivity contribution in [2.75, 3.05) is 0 Å². The molecule has 0 spiro atoms. The van der Waals surface area contributed by atoms with Gasteiger partial charge in [-0.05, 0) is 40.2 Å². The first-order valence-corrected chi connectivity index (χ1v) is 9.28. The number of pyridine rings is 1.